The second-order valence-corrected chi connectivity index (χ2v) is 21.2. The van der Waals surface area contributed by atoms with Gasteiger partial charge in [-0.2, -0.15) is 0 Å². The summed E-state index contributed by atoms with van der Waals surface area (Å²) in [6.45, 7) is -0.0982. The summed E-state index contributed by atoms with van der Waals surface area (Å²) in [5.74, 6) is 5.06. The number of ether oxygens (including phenoxy) is 3. The van der Waals surface area contributed by atoms with Crippen LogP contribution in [0.4, 0.5) is 0 Å². The van der Waals surface area contributed by atoms with Crippen molar-refractivity contribution < 1.29 is 14.2 Å². The Morgan fingerprint density at radius 3 is 1.43 bits per heavy atom. The largest absolute Gasteiger partial charge is 0.458 e. The van der Waals surface area contributed by atoms with E-state index in [1.54, 1.807) is 0 Å². The SMILES string of the molecule is c1ccc([Si](c2ccccc2)(c2ccccc2)c2ccc3sc4ccc(B5c6ccccc6Oc6cc7c(cc65)B5c6ccccc6Oc6cccc(c65)O7)cc4c3c2)cc1. The molecule has 0 N–H and O–H groups in total. The van der Waals surface area contributed by atoms with Gasteiger partial charge >= 0.3 is 0 Å². The van der Waals surface area contributed by atoms with Crippen molar-refractivity contribution >= 4 is 107 Å². The fraction of sp³-hybridized carbons (Fsp3) is 0. The Morgan fingerprint density at radius 2 is 0.803 bits per heavy atom. The first-order valence-corrected chi connectivity index (χ1v) is 23.7. The zero-order valence-electron chi connectivity index (χ0n) is 32.9. The van der Waals surface area contributed by atoms with E-state index in [2.05, 4.69) is 188 Å². The summed E-state index contributed by atoms with van der Waals surface area (Å²) in [4.78, 5) is 0. The quantitative estimate of drug-likeness (QED) is 0.142. The fourth-order valence-corrected chi connectivity index (χ4v) is 16.3. The van der Waals surface area contributed by atoms with Crippen LogP contribution in [0.5, 0.6) is 34.5 Å². The molecule has 0 aliphatic carbocycles. The van der Waals surface area contributed by atoms with Crippen LogP contribution in [0.2, 0.25) is 0 Å². The lowest BCUT2D eigenvalue weighted by Crippen LogP contribution is -2.74. The van der Waals surface area contributed by atoms with Gasteiger partial charge in [-0.1, -0.05) is 169 Å². The summed E-state index contributed by atoms with van der Waals surface area (Å²) in [6.07, 6.45) is 0. The van der Waals surface area contributed by atoms with Gasteiger partial charge in [0.25, 0.3) is 13.4 Å². The zero-order valence-corrected chi connectivity index (χ0v) is 34.7. The van der Waals surface area contributed by atoms with Crippen molar-refractivity contribution in [1.29, 1.82) is 0 Å². The summed E-state index contributed by atoms with van der Waals surface area (Å²) in [7, 11) is -2.73. The van der Waals surface area contributed by atoms with Crippen LogP contribution in [0.25, 0.3) is 20.2 Å². The summed E-state index contributed by atoms with van der Waals surface area (Å²) in [5, 5.41) is 8.06. The molecule has 3 aliphatic heterocycles. The molecule has 0 spiro atoms. The molecule has 4 heterocycles. The highest BCUT2D eigenvalue weighted by Crippen LogP contribution is 2.38. The molecule has 0 atom stereocenters. The summed E-state index contributed by atoms with van der Waals surface area (Å²) >= 11 is 1.87. The number of thiophene rings is 1. The molecule has 9 aromatic carbocycles. The van der Waals surface area contributed by atoms with Crippen molar-refractivity contribution in [3.8, 4) is 34.5 Å². The Morgan fingerprint density at radius 1 is 0.328 bits per heavy atom. The van der Waals surface area contributed by atoms with E-state index in [1.165, 1.54) is 46.4 Å². The number of fused-ring (bicyclic) bond motifs is 9. The van der Waals surface area contributed by atoms with Gasteiger partial charge in [0.2, 0.25) is 0 Å². The van der Waals surface area contributed by atoms with Crippen molar-refractivity contribution in [3.63, 3.8) is 0 Å². The van der Waals surface area contributed by atoms with Crippen LogP contribution in [0, 0.1) is 0 Å². The number of hydrogen-bond acceptors (Lipinski definition) is 4. The summed E-state index contributed by atoms with van der Waals surface area (Å²) in [6, 6.07) is 75.5. The maximum absolute atomic E-state index is 6.78. The van der Waals surface area contributed by atoms with E-state index in [0.29, 0.717) is 0 Å². The Hall–Kier alpha value is -7.05. The molecule has 10 aromatic rings. The van der Waals surface area contributed by atoms with Gasteiger partial charge in [0, 0.05) is 26.3 Å². The van der Waals surface area contributed by atoms with Crippen molar-refractivity contribution in [2.24, 2.45) is 0 Å². The van der Waals surface area contributed by atoms with E-state index in [4.69, 9.17) is 14.2 Å². The lowest BCUT2D eigenvalue weighted by atomic mass is 9.32. The predicted molar refractivity (Wildman–Crippen MR) is 258 cm³/mol. The maximum atomic E-state index is 6.78. The topological polar surface area (TPSA) is 27.7 Å². The molecule has 0 fully saturated rings. The van der Waals surface area contributed by atoms with Crippen LogP contribution in [0.3, 0.4) is 0 Å². The average molecular weight is 813 g/mol. The average Bonchev–Trinajstić information content (AvgIpc) is 3.69. The molecule has 7 heteroatoms. The third-order valence-electron chi connectivity index (χ3n) is 13.1. The van der Waals surface area contributed by atoms with E-state index in [9.17, 15) is 0 Å². The summed E-state index contributed by atoms with van der Waals surface area (Å²) < 4.78 is 22.5. The van der Waals surface area contributed by atoms with Crippen LogP contribution < -0.4 is 67.7 Å². The Bertz CT molecular complexity index is 3280. The normalized spacial score (nSPS) is 13.2. The van der Waals surface area contributed by atoms with Gasteiger partial charge in [-0.15, -0.1) is 11.3 Å². The minimum Gasteiger partial charge on any atom is -0.458 e. The van der Waals surface area contributed by atoms with E-state index < -0.39 is 8.07 Å². The minimum atomic E-state index is -2.73. The highest BCUT2D eigenvalue weighted by atomic mass is 32.1. The van der Waals surface area contributed by atoms with Crippen LogP contribution in [0.15, 0.2) is 206 Å². The van der Waals surface area contributed by atoms with Crippen molar-refractivity contribution in [2.45, 2.75) is 0 Å². The number of rotatable bonds is 5. The van der Waals surface area contributed by atoms with E-state index in [1.807, 2.05) is 29.5 Å². The van der Waals surface area contributed by atoms with Crippen LogP contribution in [0.1, 0.15) is 0 Å². The molecule has 0 amide bonds. The molecule has 0 unspecified atom stereocenters. The number of para-hydroxylation sites is 2. The molecule has 0 saturated carbocycles. The lowest BCUT2D eigenvalue weighted by molar-refractivity contribution is 0.456. The zero-order chi connectivity index (χ0) is 40.1. The van der Waals surface area contributed by atoms with Crippen LogP contribution >= 0.6 is 11.3 Å². The highest BCUT2D eigenvalue weighted by Gasteiger charge is 2.44. The Kier molecular flexibility index (Phi) is 7.69. The second-order valence-electron chi connectivity index (χ2n) is 16.3. The Balaban J connectivity index is 1.02. The van der Waals surface area contributed by atoms with Crippen molar-refractivity contribution in [1.82, 2.24) is 0 Å². The highest BCUT2D eigenvalue weighted by molar-refractivity contribution is 7.26. The van der Waals surface area contributed by atoms with Crippen molar-refractivity contribution in [2.75, 3.05) is 0 Å². The first-order chi connectivity index (χ1) is 30.2. The molecular weight excluding hydrogens is 778 g/mol. The second kappa shape index (κ2) is 13.5. The van der Waals surface area contributed by atoms with Gasteiger partial charge in [0.15, 0.2) is 8.07 Å². The molecule has 3 nitrogen and oxygen atoms in total. The molecule has 284 valence electrons. The van der Waals surface area contributed by atoms with Gasteiger partial charge < -0.3 is 14.2 Å². The van der Waals surface area contributed by atoms with Crippen molar-refractivity contribution in [3.05, 3.63) is 206 Å². The third kappa shape index (κ3) is 5.18. The van der Waals surface area contributed by atoms with Gasteiger partial charge in [-0.25, -0.2) is 0 Å². The predicted octanol–water partition coefficient (Wildman–Crippen LogP) is 6.78. The van der Waals surface area contributed by atoms with E-state index >= 15 is 0 Å². The molecular formula is C54H34B2O3SSi. The first kappa shape index (κ1) is 34.8. The first-order valence-electron chi connectivity index (χ1n) is 20.9. The summed E-state index contributed by atoms with van der Waals surface area (Å²) in [5.41, 5.74) is 6.86. The van der Waals surface area contributed by atoms with Gasteiger partial charge in [0.05, 0.1) is 0 Å². The monoisotopic (exact) mass is 812 g/mol. The molecule has 61 heavy (non-hydrogen) atoms. The fourth-order valence-electron chi connectivity index (χ4n) is 10.5. The minimum absolute atomic E-state index is 0.0342. The van der Waals surface area contributed by atoms with Gasteiger partial charge in [-0.05, 0) is 84.4 Å². The molecule has 0 radical (unpaired) electrons. The lowest BCUT2D eigenvalue weighted by Gasteiger charge is -2.35. The molecule has 3 aliphatic rings. The molecule has 13 rings (SSSR count). The molecule has 0 bridgehead atoms. The Labute approximate surface area is 359 Å². The van der Waals surface area contributed by atoms with Crippen LogP contribution in [-0.4, -0.2) is 21.5 Å². The molecule has 1 aromatic heterocycles. The third-order valence-corrected chi connectivity index (χ3v) is 19.0. The number of hydrogen-bond donors (Lipinski definition) is 0. The molecule has 0 saturated heterocycles. The number of benzene rings is 9. The standard InChI is InChI=1S/C54H34B2O3SSi/c1-4-15-36(16-5-1)61(37-17-6-2-7-18-37,38-19-8-3-9-20-38)39-28-30-53-41(32-39)40-31-35(27-29-52(40)60-53)55-42-21-10-12-23-46(42)58-50-34-51-45(33-44(50)55)56-43-22-11-13-24-47(43)57-48-25-14-26-49(59-51)54(48)56/h1-34H. The maximum Gasteiger partial charge on any atom is 0.260 e. The van der Waals surface area contributed by atoms with Gasteiger partial charge in [-0.3, -0.25) is 0 Å². The van der Waals surface area contributed by atoms with E-state index in [-0.39, 0.29) is 13.4 Å². The van der Waals surface area contributed by atoms with Gasteiger partial charge in [0.1, 0.15) is 34.5 Å². The van der Waals surface area contributed by atoms with Crippen LogP contribution in [-0.2, 0) is 0 Å². The smallest absolute Gasteiger partial charge is 0.260 e. The van der Waals surface area contributed by atoms with E-state index in [0.717, 1.165) is 61.8 Å².